The summed E-state index contributed by atoms with van der Waals surface area (Å²) in [5.41, 5.74) is 1.25. The number of aryl methyl sites for hydroxylation is 1. The van der Waals surface area contributed by atoms with E-state index >= 15 is 0 Å². The molecule has 0 N–H and O–H groups in total. The van der Waals surface area contributed by atoms with Gasteiger partial charge in [-0.2, -0.15) is 0 Å². The summed E-state index contributed by atoms with van der Waals surface area (Å²) in [6, 6.07) is 8.15. The lowest BCUT2D eigenvalue weighted by Gasteiger charge is -2.26. The lowest BCUT2D eigenvalue weighted by atomic mass is 9.88. The first-order valence-corrected chi connectivity index (χ1v) is 5.96. The van der Waals surface area contributed by atoms with Gasteiger partial charge in [-0.15, -0.1) is 0 Å². The van der Waals surface area contributed by atoms with Crippen molar-refractivity contribution in [1.29, 1.82) is 0 Å². The van der Waals surface area contributed by atoms with Crippen molar-refractivity contribution < 1.29 is 9.53 Å². The smallest absolute Gasteiger partial charge is 0.123 e. The Balaban J connectivity index is 1.86. The molecule has 0 heterocycles. The van der Waals surface area contributed by atoms with Gasteiger partial charge >= 0.3 is 0 Å². The maximum Gasteiger partial charge on any atom is 0.123 e. The number of carbonyl (C=O) groups excluding carboxylic acids is 1. The van der Waals surface area contributed by atoms with Gasteiger partial charge in [0.05, 0.1) is 6.10 Å². The molecule has 1 saturated carbocycles. The number of carbonyl (C=O) groups is 1. The van der Waals surface area contributed by atoms with Gasteiger partial charge in [0.1, 0.15) is 12.0 Å². The van der Waals surface area contributed by atoms with E-state index in [2.05, 4.69) is 19.1 Å². The van der Waals surface area contributed by atoms with Gasteiger partial charge in [0.2, 0.25) is 0 Å². The molecule has 1 aliphatic rings. The molecule has 86 valence electrons. The van der Waals surface area contributed by atoms with Crippen LogP contribution in [0.5, 0.6) is 5.75 Å². The first-order chi connectivity index (χ1) is 7.78. The molecular formula is C14H18O2. The zero-order chi connectivity index (χ0) is 11.4. The zero-order valence-corrected chi connectivity index (χ0v) is 9.69. The Labute approximate surface area is 96.6 Å². The van der Waals surface area contributed by atoms with Crippen LogP contribution in [-0.2, 0) is 4.79 Å². The fraction of sp³-hybridized carbons (Fsp3) is 0.500. The van der Waals surface area contributed by atoms with Crippen molar-refractivity contribution in [2.45, 2.75) is 38.7 Å². The lowest BCUT2D eigenvalue weighted by molar-refractivity contribution is -0.112. The second-order valence-corrected chi connectivity index (χ2v) is 4.60. The van der Waals surface area contributed by atoms with Crippen LogP contribution in [0.2, 0.25) is 0 Å². The Bertz CT molecular complexity index is 334. The van der Waals surface area contributed by atoms with E-state index in [-0.39, 0.29) is 5.92 Å². The summed E-state index contributed by atoms with van der Waals surface area (Å²) in [6.07, 6.45) is 5.32. The quantitative estimate of drug-likeness (QED) is 0.728. The van der Waals surface area contributed by atoms with Crippen molar-refractivity contribution in [3.8, 4) is 5.75 Å². The summed E-state index contributed by atoms with van der Waals surface area (Å²) in [4.78, 5) is 10.6. The maximum absolute atomic E-state index is 10.6. The topological polar surface area (TPSA) is 26.3 Å². The van der Waals surface area contributed by atoms with Crippen molar-refractivity contribution in [3.63, 3.8) is 0 Å². The minimum atomic E-state index is 0.262. The third-order valence-electron chi connectivity index (χ3n) is 3.24. The SMILES string of the molecule is Cc1ccc(OC2CCC(C=O)CC2)cc1. The fourth-order valence-electron chi connectivity index (χ4n) is 2.15. The average Bonchev–Trinajstić information content (AvgIpc) is 2.33. The standard InChI is InChI=1S/C14H18O2/c1-11-2-6-13(7-3-11)16-14-8-4-12(10-15)5-9-14/h2-3,6-7,10,12,14H,4-5,8-9H2,1H3. The van der Waals surface area contributed by atoms with Crippen LogP contribution in [0, 0.1) is 12.8 Å². The van der Waals surface area contributed by atoms with Crippen molar-refractivity contribution in [2.75, 3.05) is 0 Å². The van der Waals surface area contributed by atoms with Gasteiger partial charge in [-0.25, -0.2) is 0 Å². The first kappa shape index (κ1) is 11.2. The molecular weight excluding hydrogens is 200 g/mol. The van der Waals surface area contributed by atoms with Crippen LogP contribution in [0.3, 0.4) is 0 Å². The highest BCUT2D eigenvalue weighted by Crippen LogP contribution is 2.26. The molecule has 0 amide bonds. The Morgan fingerprint density at radius 1 is 1.12 bits per heavy atom. The Morgan fingerprint density at radius 3 is 2.31 bits per heavy atom. The van der Waals surface area contributed by atoms with Crippen LogP contribution in [0.15, 0.2) is 24.3 Å². The molecule has 0 aromatic heterocycles. The minimum absolute atomic E-state index is 0.262. The monoisotopic (exact) mass is 218 g/mol. The Hall–Kier alpha value is -1.31. The number of hydrogen-bond donors (Lipinski definition) is 0. The summed E-state index contributed by atoms with van der Waals surface area (Å²) in [7, 11) is 0. The van der Waals surface area contributed by atoms with E-state index in [0.717, 1.165) is 37.7 Å². The van der Waals surface area contributed by atoms with Crippen LogP contribution < -0.4 is 4.74 Å². The molecule has 16 heavy (non-hydrogen) atoms. The Morgan fingerprint density at radius 2 is 1.75 bits per heavy atom. The van der Waals surface area contributed by atoms with Gasteiger partial charge in [0, 0.05) is 5.92 Å². The van der Waals surface area contributed by atoms with Crippen molar-refractivity contribution in [1.82, 2.24) is 0 Å². The van der Waals surface area contributed by atoms with E-state index in [1.54, 1.807) is 0 Å². The molecule has 2 rings (SSSR count). The predicted molar refractivity (Wildman–Crippen MR) is 63.6 cm³/mol. The molecule has 0 aliphatic heterocycles. The normalized spacial score (nSPS) is 25.1. The Kier molecular flexibility index (Phi) is 3.60. The van der Waals surface area contributed by atoms with Gasteiger partial charge in [-0.3, -0.25) is 0 Å². The average molecular weight is 218 g/mol. The summed E-state index contributed by atoms with van der Waals surface area (Å²) in [5, 5.41) is 0. The third kappa shape index (κ3) is 2.84. The molecule has 0 radical (unpaired) electrons. The van der Waals surface area contributed by atoms with E-state index in [1.807, 2.05) is 12.1 Å². The summed E-state index contributed by atoms with van der Waals surface area (Å²) in [5.74, 6) is 1.21. The molecule has 2 heteroatoms. The molecule has 1 fully saturated rings. The fourth-order valence-corrected chi connectivity index (χ4v) is 2.15. The predicted octanol–water partition coefficient (Wildman–Crippen LogP) is 3.13. The molecule has 0 atom stereocenters. The minimum Gasteiger partial charge on any atom is -0.490 e. The number of rotatable bonds is 3. The molecule has 1 aromatic carbocycles. The molecule has 0 saturated heterocycles. The largest absolute Gasteiger partial charge is 0.490 e. The van der Waals surface area contributed by atoms with Gasteiger partial charge in [-0.1, -0.05) is 17.7 Å². The highest BCUT2D eigenvalue weighted by atomic mass is 16.5. The van der Waals surface area contributed by atoms with Gasteiger partial charge in [0.15, 0.2) is 0 Å². The first-order valence-electron chi connectivity index (χ1n) is 5.96. The highest BCUT2D eigenvalue weighted by Gasteiger charge is 2.21. The number of ether oxygens (including phenoxy) is 1. The molecule has 2 nitrogen and oxygen atoms in total. The number of aldehydes is 1. The zero-order valence-electron chi connectivity index (χ0n) is 9.69. The molecule has 1 aliphatic carbocycles. The molecule has 0 spiro atoms. The number of benzene rings is 1. The van der Waals surface area contributed by atoms with Crippen molar-refractivity contribution >= 4 is 6.29 Å². The van der Waals surface area contributed by atoms with Crippen molar-refractivity contribution in [2.24, 2.45) is 5.92 Å². The van der Waals surface area contributed by atoms with E-state index in [1.165, 1.54) is 5.56 Å². The van der Waals surface area contributed by atoms with Crippen LogP contribution >= 0.6 is 0 Å². The van der Waals surface area contributed by atoms with E-state index in [9.17, 15) is 4.79 Å². The third-order valence-corrected chi connectivity index (χ3v) is 3.24. The lowest BCUT2D eigenvalue weighted by Crippen LogP contribution is -2.24. The van der Waals surface area contributed by atoms with E-state index in [0.29, 0.717) is 6.10 Å². The van der Waals surface area contributed by atoms with E-state index in [4.69, 9.17) is 4.74 Å². The summed E-state index contributed by atoms with van der Waals surface area (Å²) in [6.45, 7) is 2.07. The van der Waals surface area contributed by atoms with Crippen LogP contribution in [0.1, 0.15) is 31.2 Å². The maximum atomic E-state index is 10.6. The van der Waals surface area contributed by atoms with Gasteiger partial charge in [-0.05, 0) is 44.7 Å². The second-order valence-electron chi connectivity index (χ2n) is 4.60. The van der Waals surface area contributed by atoms with E-state index < -0.39 is 0 Å². The van der Waals surface area contributed by atoms with Crippen LogP contribution in [-0.4, -0.2) is 12.4 Å². The molecule has 0 unspecified atom stereocenters. The van der Waals surface area contributed by atoms with Gasteiger partial charge < -0.3 is 9.53 Å². The van der Waals surface area contributed by atoms with Crippen LogP contribution in [0.25, 0.3) is 0 Å². The molecule has 0 bridgehead atoms. The van der Waals surface area contributed by atoms with Crippen LogP contribution in [0.4, 0.5) is 0 Å². The number of hydrogen-bond acceptors (Lipinski definition) is 2. The summed E-state index contributed by atoms with van der Waals surface area (Å²) < 4.78 is 5.89. The highest BCUT2D eigenvalue weighted by molar-refractivity contribution is 5.53. The summed E-state index contributed by atoms with van der Waals surface area (Å²) >= 11 is 0. The van der Waals surface area contributed by atoms with Crippen molar-refractivity contribution in [3.05, 3.63) is 29.8 Å². The second kappa shape index (κ2) is 5.15. The van der Waals surface area contributed by atoms with Gasteiger partial charge in [0.25, 0.3) is 0 Å². The molecule has 1 aromatic rings.